The maximum atomic E-state index is 5.29. The zero-order valence-corrected chi connectivity index (χ0v) is 14.5. The van der Waals surface area contributed by atoms with Crippen molar-refractivity contribution >= 4 is 0 Å². The number of nitrogens with zero attached hydrogens (tertiary/aromatic N) is 1. The maximum absolute atomic E-state index is 5.29. The Morgan fingerprint density at radius 1 is 1.25 bits per heavy atom. The van der Waals surface area contributed by atoms with Crippen LogP contribution >= 0.6 is 0 Å². The fourth-order valence-electron chi connectivity index (χ4n) is 3.42. The van der Waals surface area contributed by atoms with E-state index in [4.69, 9.17) is 4.74 Å². The molecule has 1 saturated heterocycles. The number of hydrogen-bond acceptors (Lipinski definition) is 3. The number of hydrogen-bond donors (Lipinski definition) is 1. The summed E-state index contributed by atoms with van der Waals surface area (Å²) in [5, 5.41) is 3.87. The van der Waals surface area contributed by atoms with Gasteiger partial charge in [-0.15, -0.1) is 0 Å². The van der Waals surface area contributed by atoms with Gasteiger partial charge in [0.25, 0.3) is 0 Å². The van der Waals surface area contributed by atoms with Gasteiger partial charge in [0, 0.05) is 44.4 Å². The van der Waals surface area contributed by atoms with E-state index >= 15 is 0 Å². The molecule has 0 amide bonds. The lowest BCUT2D eigenvalue weighted by molar-refractivity contribution is 0.00833. The van der Waals surface area contributed by atoms with Gasteiger partial charge in [0.05, 0.1) is 0 Å². The summed E-state index contributed by atoms with van der Waals surface area (Å²) in [5.74, 6) is 0.749. The van der Waals surface area contributed by atoms with Gasteiger partial charge in [-0.2, -0.15) is 0 Å². The Labute approximate surface area is 126 Å². The SMILES string of the molecule is CCC(C)C1CNC(CC)(CC)CN1C(C)CCOC. The van der Waals surface area contributed by atoms with Gasteiger partial charge in [-0.05, 0) is 32.1 Å². The molecule has 0 spiro atoms. The molecule has 120 valence electrons. The third-order valence-corrected chi connectivity index (χ3v) is 5.56. The van der Waals surface area contributed by atoms with Crippen molar-refractivity contribution < 1.29 is 4.74 Å². The van der Waals surface area contributed by atoms with Crippen LogP contribution in [0.3, 0.4) is 0 Å². The third-order valence-electron chi connectivity index (χ3n) is 5.56. The van der Waals surface area contributed by atoms with Crippen molar-refractivity contribution in [3.05, 3.63) is 0 Å². The second-order valence-corrected chi connectivity index (χ2v) is 6.62. The number of methoxy groups -OCH3 is 1. The predicted molar refractivity (Wildman–Crippen MR) is 87.2 cm³/mol. The lowest BCUT2D eigenvalue weighted by Crippen LogP contribution is -2.66. The summed E-state index contributed by atoms with van der Waals surface area (Å²) >= 11 is 0. The van der Waals surface area contributed by atoms with Crippen LogP contribution in [-0.4, -0.2) is 49.3 Å². The van der Waals surface area contributed by atoms with Gasteiger partial charge in [0.1, 0.15) is 0 Å². The van der Waals surface area contributed by atoms with E-state index in [1.54, 1.807) is 7.11 Å². The molecule has 20 heavy (non-hydrogen) atoms. The summed E-state index contributed by atoms with van der Waals surface area (Å²) in [4.78, 5) is 2.76. The van der Waals surface area contributed by atoms with Crippen LogP contribution in [0.4, 0.5) is 0 Å². The molecule has 3 heteroatoms. The van der Waals surface area contributed by atoms with Crippen molar-refractivity contribution in [1.82, 2.24) is 10.2 Å². The van der Waals surface area contributed by atoms with E-state index in [9.17, 15) is 0 Å². The molecule has 1 fully saturated rings. The lowest BCUT2D eigenvalue weighted by Gasteiger charge is -2.51. The van der Waals surface area contributed by atoms with E-state index in [0.29, 0.717) is 17.6 Å². The minimum absolute atomic E-state index is 0.311. The highest BCUT2D eigenvalue weighted by atomic mass is 16.5. The van der Waals surface area contributed by atoms with Crippen LogP contribution in [0.5, 0.6) is 0 Å². The number of piperazine rings is 1. The molecule has 1 aliphatic rings. The first kappa shape index (κ1) is 17.9. The zero-order chi connectivity index (χ0) is 15.2. The van der Waals surface area contributed by atoms with Crippen LogP contribution in [0.15, 0.2) is 0 Å². The van der Waals surface area contributed by atoms with Gasteiger partial charge in [-0.1, -0.05) is 34.1 Å². The van der Waals surface area contributed by atoms with Crippen LogP contribution < -0.4 is 5.32 Å². The molecule has 1 aliphatic heterocycles. The molecule has 0 radical (unpaired) electrons. The van der Waals surface area contributed by atoms with E-state index in [1.165, 1.54) is 25.8 Å². The van der Waals surface area contributed by atoms with Crippen LogP contribution in [0, 0.1) is 5.92 Å². The summed E-state index contributed by atoms with van der Waals surface area (Å²) in [6, 6.07) is 1.27. The van der Waals surface area contributed by atoms with Crippen molar-refractivity contribution in [3.8, 4) is 0 Å². The first-order valence-corrected chi connectivity index (χ1v) is 8.53. The minimum Gasteiger partial charge on any atom is -0.385 e. The average molecular weight is 284 g/mol. The molecule has 1 N–H and O–H groups in total. The highest BCUT2D eigenvalue weighted by Crippen LogP contribution is 2.29. The predicted octanol–water partition coefficient (Wildman–Crippen LogP) is 3.29. The highest BCUT2D eigenvalue weighted by molar-refractivity contribution is 4.99. The van der Waals surface area contributed by atoms with Gasteiger partial charge < -0.3 is 10.1 Å². The molecule has 0 aromatic carbocycles. The Morgan fingerprint density at radius 3 is 2.40 bits per heavy atom. The summed E-state index contributed by atoms with van der Waals surface area (Å²) in [6.07, 6.45) is 4.81. The number of rotatable bonds is 8. The fraction of sp³-hybridized carbons (Fsp3) is 1.00. The molecule has 3 atom stereocenters. The Kier molecular flexibility index (Phi) is 7.49. The maximum Gasteiger partial charge on any atom is 0.0477 e. The fourth-order valence-corrected chi connectivity index (χ4v) is 3.42. The van der Waals surface area contributed by atoms with Crippen molar-refractivity contribution in [3.63, 3.8) is 0 Å². The molecule has 3 nitrogen and oxygen atoms in total. The second-order valence-electron chi connectivity index (χ2n) is 6.62. The first-order chi connectivity index (χ1) is 9.53. The molecule has 1 rings (SSSR count). The van der Waals surface area contributed by atoms with Crippen LogP contribution in [-0.2, 0) is 4.74 Å². The van der Waals surface area contributed by atoms with Gasteiger partial charge in [-0.3, -0.25) is 4.90 Å². The van der Waals surface area contributed by atoms with E-state index < -0.39 is 0 Å². The molecule has 0 saturated carbocycles. The van der Waals surface area contributed by atoms with Gasteiger partial charge >= 0.3 is 0 Å². The summed E-state index contributed by atoms with van der Waals surface area (Å²) in [6.45, 7) is 14.9. The number of ether oxygens (including phenoxy) is 1. The topological polar surface area (TPSA) is 24.5 Å². The quantitative estimate of drug-likeness (QED) is 0.740. The Morgan fingerprint density at radius 2 is 1.90 bits per heavy atom. The van der Waals surface area contributed by atoms with Crippen molar-refractivity contribution in [2.45, 2.75) is 77.9 Å². The lowest BCUT2D eigenvalue weighted by atomic mass is 9.84. The van der Waals surface area contributed by atoms with Crippen molar-refractivity contribution in [1.29, 1.82) is 0 Å². The Bertz CT molecular complexity index is 266. The largest absolute Gasteiger partial charge is 0.385 e. The zero-order valence-electron chi connectivity index (χ0n) is 14.5. The van der Waals surface area contributed by atoms with Gasteiger partial charge in [0.15, 0.2) is 0 Å². The van der Waals surface area contributed by atoms with Crippen LogP contribution in [0.25, 0.3) is 0 Å². The van der Waals surface area contributed by atoms with Gasteiger partial charge in [0.2, 0.25) is 0 Å². The molecular formula is C17H36N2O. The van der Waals surface area contributed by atoms with Crippen molar-refractivity contribution in [2.24, 2.45) is 5.92 Å². The summed E-state index contributed by atoms with van der Waals surface area (Å²) in [7, 11) is 1.80. The Hall–Kier alpha value is -0.120. The standard InChI is InChI=1S/C17H36N2O/c1-7-14(4)16-12-18-17(8-2,9-3)13-19(16)15(5)10-11-20-6/h14-16,18H,7-13H2,1-6H3. The van der Waals surface area contributed by atoms with Crippen molar-refractivity contribution in [2.75, 3.05) is 26.8 Å². The minimum atomic E-state index is 0.311. The second kappa shape index (κ2) is 8.35. The van der Waals surface area contributed by atoms with E-state index in [0.717, 1.165) is 25.5 Å². The average Bonchev–Trinajstić information content (AvgIpc) is 2.51. The molecule has 0 bridgehead atoms. The van der Waals surface area contributed by atoms with E-state index in [1.807, 2.05) is 0 Å². The van der Waals surface area contributed by atoms with Crippen LogP contribution in [0.2, 0.25) is 0 Å². The first-order valence-electron chi connectivity index (χ1n) is 8.53. The molecule has 3 unspecified atom stereocenters. The van der Waals surface area contributed by atoms with E-state index in [2.05, 4.69) is 44.8 Å². The molecule has 1 heterocycles. The summed E-state index contributed by atoms with van der Waals surface area (Å²) < 4.78 is 5.29. The normalized spacial score (nSPS) is 26.4. The summed E-state index contributed by atoms with van der Waals surface area (Å²) in [5.41, 5.74) is 0.311. The Balaban J connectivity index is 2.82. The third kappa shape index (κ3) is 4.19. The monoisotopic (exact) mass is 284 g/mol. The molecule has 0 aliphatic carbocycles. The molecular weight excluding hydrogens is 248 g/mol. The molecule has 0 aromatic rings. The van der Waals surface area contributed by atoms with Gasteiger partial charge in [-0.25, -0.2) is 0 Å². The van der Waals surface area contributed by atoms with E-state index in [-0.39, 0.29) is 0 Å². The van der Waals surface area contributed by atoms with Crippen LogP contribution in [0.1, 0.15) is 60.3 Å². The number of nitrogens with one attached hydrogen (secondary N) is 1. The highest BCUT2D eigenvalue weighted by Gasteiger charge is 2.39. The smallest absolute Gasteiger partial charge is 0.0477 e. The molecule has 0 aromatic heterocycles.